The summed E-state index contributed by atoms with van der Waals surface area (Å²) in [5.74, 6) is -1.42. The number of hydrogen-bond donors (Lipinski definition) is 1. The third-order valence-corrected chi connectivity index (χ3v) is 3.09. The molecule has 2 aromatic rings. The zero-order chi connectivity index (χ0) is 12.7. The van der Waals surface area contributed by atoms with Gasteiger partial charge in [-0.25, -0.2) is 9.50 Å². The minimum absolute atomic E-state index is 0.573. The Balaban J connectivity index is 2.77. The Morgan fingerprint density at radius 1 is 1.41 bits per heavy atom. The van der Waals surface area contributed by atoms with Crippen LogP contribution in [0.15, 0.2) is 6.20 Å². The summed E-state index contributed by atoms with van der Waals surface area (Å²) in [5, 5.41) is 13.3. The van der Waals surface area contributed by atoms with Gasteiger partial charge in [-0.15, -0.1) is 0 Å². The number of aromatic nitrogens is 3. The van der Waals surface area contributed by atoms with Crippen LogP contribution in [0.3, 0.4) is 0 Å². The lowest BCUT2D eigenvalue weighted by Crippen LogP contribution is -2.14. The second kappa shape index (κ2) is 3.84. The Labute approximate surface area is 99.1 Å². The number of aryl methyl sites for hydroxylation is 3. The molecule has 0 saturated heterocycles. The number of rotatable bonds is 2. The van der Waals surface area contributed by atoms with Crippen LogP contribution in [-0.2, 0) is 4.79 Å². The molecule has 0 aliphatic heterocycles. The summed E-state index contributed by atoms with van der Waals surface area (Å²) in [4.78, 5) is 15.5. The van der Waals surface area contributed by atoms with E-state index in [1.165, 1.54) is 0 Å². The first-order chi connectivity index (χ1) is 7.93. The van der Waals surface area contributed by atoms with E-state index in [0.29, 0.717) is 0 Å². The fourth-order valence-electron chi connectivity index (χ4n) is 2.15. The summed E-state index contributed by atoms with van der Waals surface area (Å²) < 4.78 is 1.71. The Morgan fingerprint density at radius 3 is 2.65 bits per heavy atom. The molecule has 0 radical (unpaired) electrons. The quantitative estimate of drug-likeness (QED) is 0.859. The van der Waals surface area contributed by atoms with Crippen molar-refractivity contribution in [1.29, 1.82) is 0 Å². The first kappa shape index (κ1) is 11.6. The lowest BCUT2D eigenvalue weighted by Gasteiger charge is -2.14. The van der Waals surface area contributed by atoms with Gasteiger partial charge in [-0.3, -0.25) is 4.79 Å². The Hall–Kier alpha value is -1.91. The van der Waals surface area contributed by atoms with Gasteiger partial charge in [0.1, 0.15) is 0 Å². The molecule has 0 aliphatic carbocycles. The molecule has 90 valence electrons. The van der Waals surface area contributed by atoms with Crippen LogP contribution < -0.4 is 0 Å². The van der Waals surface area contributed by atoms with Gasteiger partial charge < -0.3 is 5.11 Å². The first-order valence-electron chi connectivity index (χ1n) is 5.47. The van der Waals surface area contributed by atoms with Crippen molar-refractivity contribution in [2.45, 2.75) is 33.6 Å². The van der Waals surface area contributed by atoms with Crippen molar-refractivity contribution < 1.29 is 9.90 Å². The molecular formula is C12H15N3O2. The second-order valence-corrected chi connectivity index (χ2v) is 4.32. The molecule has 0 aromatic carbocycles. The monoisotopic (exact) mass is 233 g/mol. The van der Waals surface area contributed by atoms with Gasteiger partial charge in [0.25, 0.3) is 0 Å². The van der Waals surface area contributed by atoms with E-state index in [1.807, 2.05) is 20.8 Å². The zero-order valence-electron chi connectivity index (χ0n) is 10.4. The number of aliphatic carboxylic acids is 1. The Bertz CT molecular complexity index is 601. The summed E-state index contributed by atoms with van der Waals surface area (Å²) >= 11 is 0. The van der Waals surface area contributed by atoms with Gasteiger partial charge in [0, 0.05) is 22.5 Å². The molecular weight excluding hydrogens is 218 g/mol. The maximum atomic E-state index is 11.1. The van der Waals surface area contributed by atoms with Crippen LogP contribution in [0.5, 0.6) is 0 Å². The lowest BCUT2D eigenvalue weighted by atomic mass is 9.98. The van der Waals surface area contributed by atoms with Crippen molar-refractivity contribution in [3.63, 3.8) is 0 Å². The highest BCUT2D eigenvalue weighted by atomic mass is 16.4. The fraction of sp³-hybridized carbons (Fsp3) is 0.417. The fourth-order valence-corrected chi connectivity index (χ4v) is 2.15. The van der Waals surface area contributed by atoms with Crippen LogP contribution in [-0.4, -0.2) is 25.7 Å². The molecule has 0 fully saturated rings. The van der Waals surface area contributed by atoms with Crippen LogP contribution in [0.4, 0.5) is 0 Å². The summed E-state index contributed by atoms with van der Waals surface area (Å²) in [6, 6.07) is 0. The maximum Gasteiger partial charge on any atom is 0.310 e. The molecule has 0 saturated carbocycles. The summed E-state index contributed by atoms with van der Waals surface area (Å²) in [5.41, 5.74) is 4.13. The van der Waals surface area contributed by atoms with Gasteiger partial charge in [-0.2, -0.15) is 5.10 Å². The van der Waals surface area contributed by atoms with Crippen LogP contribution in [0.1, 0.15) is 35.4 Å². The number of carbonyl (C=O) groups is 1. The minimum atomic E-state index is -0.846. The summed E-state index contributed by atoms with van der Waals surface area (Å²) in [6.07, 6.45) is 1.74. The third-order valence-electron chi connectivity index (χ3n) is 3.09. The second-order valence-electron chi connectivity index (χ2n) is 4.32. The zero-order valence-corrected chi connectivity index (χ0v) is 10.4. The number of nitrogens with zero attached hydrogens (tertiary/aromatic N) is 3. The van der Waals surface area contributed by atoms with Gasteiger partial charge in [0.2, 0.25) is 0 Å². The highest BCUT2D eigenvalue weighted by Gasteiger charge is 2.21. The van der Waals surface area contributed by atoms with Crippen molar-refractivity contribution in [2.75, 3.05) is 0 Å². The number of carboxylic acids is 1. The molecule has 2 rings (SSSR count). The average Bonchev–Trinajstić information content (AvgIpc) is 2.60. The van der Waals surface area contributed by atoms with E-state index in [9.17, 15) is 4.79 Å². The highest BCUT2D eigenvalue weighted by molar-refractivity contribution is 5.76. The van der Waals surface area contributed by atoms with E-state index >= 15 is 0 Å². The SMILES string of the molecule is Cc1nc2c(C)cnn2c(C)c1C(C)C(=O)O. The van der Waals surface area contributed by atoms with Gasteiger partial charge in [0.05, 0.1) is 12.1 Å². The molecule has 17 heavy (non-hydrogen) atoms. The highest BCUT2D eigenvalue weighted by Crippen LogP contribution is 2.24. The molecule has 2 aromatic heterocycles. The van der Waals surface area contributed by atoms with Gasteiger partial charge in [-0.05, 0) is 27.7 Å². The molecule has 0 aliphatic rings. The van der Waals surface area contributed by atoms with E-state index in [1.54, 1.807) is 17.6 Å². The van der Waals surface area contributed by atoms with Crippen molar-refractivity contribution >= 4 is 11.6 Å². The van der Waals surface area contributed by atoms with Crippen LogP contribution >= 0.6 is 0 Å². The molecule has 0 amide bonds. The normalized spacial score (nSPS) is 12.9. The maximum absolute atomic E-state index is 11.1. The van der Waals surface area contributed by atoms with Gasteiger partial charge >= 0.3 is 5.97 Å². The van der Waals surface area contributed by atoms with Crippen molar-refractivity contribution in [3.8, 4) is 0 Å². The molecule has 1 unspecified atom stereocenters. The average molecular weight is 233 g/mol. The standard InChI is InChI=1S/C12H15N3O2/c1-6-5-13-15-9(4)10(7(2)12(16)17)8(3)14-11(6)15/h5,7H,1-4H3,(H,16,17). The predicted octanol–water partition coefficient (Wildman–Crippen LogP) is 1.84. The molecule has 0 bridgehead atoms. The smallest absolute Gasteiger partial charge is 0.310 e. The largest absolute Gasteiger partial charge is 0.481 e. The Kier molecular flexibility index (Phi) is 2.61. The van der Waals surface area contributed by atoms with Crippen LogP contribution in [0.25, 0.3) is 5.65 Å². The molecule has 1 N–H and O–H groups in total. The topological polar surface area (TPSA) is 67.5 Å². The van der Waals surface area contributed by atoms with Gasteiger partial charge in [-0.1, -0.05) is 0 Å². The summed E-state index contributed by atoms with van der Waals surface area (Å²) in [6.45, 7) is 7.33. The number of carboxylic acid groups (broad SMARTS) is 1. The van der Waals surface area contributed by atoms with E-state index in [0.717, 1.165) is 28.2 Å². The van der Waals surface area contributed by atoms with Crippen molar-refractivity contribution in [1.82, 2.24) is 14.6 Å². The molecule has 0 spiro atoms. The van der Waals surface area contributed by atoms with E-state index in [2.05, 4.69) is 10.1 Å². The van der Waals surface area contributed by atoms with Crippen molar-refractivity contribution in [3.05, 3.63) is 28.7 Å². The first-order valence-corrected chi connectivity index (χ1v) is 5.47. The lowest BCUT2D eigenvalue weighted by molar-refractivity contribution is -0.138. The number of hydrogen-bond acceptors (Lipinski definition) is 3. The molecule has 5 nitrogen and oxygen atoms in total. The van der Waals surface area contributed by atoms with Crippen LogP contribution in [0, 0.1) is 20.8 Å². The summed E-state index contributed by atoms with van der Waals surface area (Å²) in [7, 11) is 0. The molecule has 5 heteroatoms. The Morgan fingerprint density at radius 2 is 2.06 bits per heavy atom. The van der Waals surface area contributed by atoms with E-state index < -0.39 is 11.9 Å². The van der Waals surface area contributed by atoms with E-state index in [-0.39, 0.29) is 0 Å². The van der Waals surface area contributed by atoms with Crippen LogP contribution in [0.2, 0.25) is 0 Å². The predicted molar refractivity (Wildman–Crippen MR) is 63.2 cm³/mol. The minimum Gasteiger partial charge on any atom is -0.481 e. The third kappa shape index (κ3) is 1.67. The molecule has 1 atom stereocenters. The number of fused-ring (bicyclic) bond motifs is 1. The van der Waals surface area contributed by atoms with Gasteiger partial charge in [0.15, 0.2) is 5.65 Å². The van der Waals surface area contributed by atoms with Crippen molar-refractivity contribution in [2.24, 2.45) is 0 Å². The molecule has 2 heterocycles. The van der Waals surface area contributed by atoms with E-state index in [4.69, 9.17) is 5.11 Å².